The van der Waals surface area contributed by atoms with E-state index < -0.39 is 0 Å². The van der Waals surface area contributed by atoms with Crippen LogP contribution in [0.2, 0.25) is 0 Å². The van der Waals surface area contributed by atoms with Crippen LogP contribution in [0.15, 0.2) is 70.6 Å². The molecule has 0 saturated heterocycles. The molecule has 3 rings (SSSR count). The molecule has 9 heteroatoms. The zero-order valence-corrected chi connectivity index (χ0v) is 20.0. The second-order valence-electron chi connectivity index (χ2n) is 8.28. The summed E-state index contributed by atoms with van der Waals surface area (Å²) in [4.78, 5) is 34.3. The van der Waals surface area contributed by atoms with Crippen molar-refractivity contribution in [1.29, 1.82) is 0 Å². The van der Waals surface area contributed by atoms with Crippen molar-refractivity contribution in [1.82, 2.24) is 14.9 Å². The summed E-state index contributed by atoms with van der Waals surface area (Å²) in [6.45, 7) is 3.43. The molecule has 6 N–H and O–H groups in total. The smallest absolute Gasteiger partial charge is 0.294 e. The summed E-state index contributed by atoms with van der Waals surface area (Å²) in [7, 11) is 0. The van der Waals surface area contributed by atoms with Gasteiger partial charge in [-0.05, 0) is 37.3 Å². The quantitative estimate of drug-likeness (QED) is 0.180. The molecule has 184 valence electrons. The number of carbonyl (C=O) groups excluding carboxylic acids is 1. The van der Waals surface area contributed by atoms with Gasteiger partial charge < -0.3 is 22.1 Å². The highest BCUT2D eigenvalue weighted by Crippen LogP contribution is 2.19. The van der Waals surface area contributed by atoms with Crippen LogP contribution < -0.4 is 27.7 Å². The van der Waals surface area contributed by atoms with E-state index in [4.69, 9.17) is 11.5 Å². The molecule has 0 unspecified atom stereocenters. The summed E-state index contributed by atoms with van der Waals surface area (Å²) >= 11 is 0. The van der Waals surface area contributed by atoms with Crippen molar-refractivity contribution in [3.05, 3.63) is 82.3 Å². The number of anilines is 1. The molecule has 0 bridgehead atoms. The second kappa shape index (κ2) is 12.9. The number of nitrogens with one attached hydrogen (secondary N) is 2. The van der Waals surface area contributed by atoms with Crippen molar-refractivity contribution in [2.75, 3.05) is 25.0 Å². The van der Waals surface area contributed by atoms with E-state index in [0.29, 0.717) is 25.3 Å². The lowest BCUT2D eigenvalue weighted by Gasteiger charge is -2.15. The number of aliphatic imine (C=N–C) groups is 1. The number of aryl methyl sites for hydroxylation is 1. The SMILES string of the molecule is Cc1ccc(-c2cnc(NCCc3ccccc3)c(=O)n2CC(=O)NCCCCN=C(N)N)cc1. The lowest BCUT2D eigenvalue weighted by atomic mass is 10.1. The number of unbranched alkanes of at least 4 members (excludes halogenated alkanes) is 1. The van der Waals surface area contributed by atoms with Crippen molar-refractivity contribution < 1.29 is 4.79 Å². The Balaban J connectivity index is 1.72. The molecule has 0 saturated carbocycles. The normalized spacial score (nSPS) is 10.5. The second-order valence-corrected chi connectivity index (χ2v) is 8.28. The van der Waals surface area contributed by atoms with Crippen LogP contribution in [0, 0.1) is 6.92 Å². The van der Waals surface area contributed by atoms with Crippen LogP contribution in [-0.2, 0) is 17.8 Å². The number of nitrogens with zero attached hydrogens (tertiary/aromatic N) is 3. The molecule has 0 fully saturated rings. The first-order valence-electron chi connectivity index (χ1n) is 11.7. The van der Waals surface area contributed by atoms with Gasteiger partial charge in [-0.3, -0.25) is 19.1 Å². The van der Waals surface area contributed by atoms with Gasteiger partial charge >= 0.3 is 0 Å². The van der Waals surface area contributed by atoms with Crippen molar-refractivity contribution >= 4 is 17.7 Å². The fraction of sp³-hybridized carbons (Fsp3) is 0.308. The summed E-state index contributed by atoms with van der Waals surface area (Å²) in [5.41, 5.74) is 14.0. The van der Waals surface area contributed by atoms with Gasteiger partial charge in [-0.1, -0.05) is 60.2 Å². The third-order valence-electron chi connectivity index (χ3n) is 5.45. The first-order valence-corrected chi connectivity index (χ1v) is 11.7. The molecule has 3 aromatic rings. The Hall–Kier alpha value is -4.14. The van der Waals surface area contributed by atoms with E-state index >= 15 is 0 Å². The number of rotatable bonds is 12. The molecule has 1 heterocycles. The topological polar surface area (TPSA) is 140 Å². The highest BCUT2D eigenvalue weighted by atomic mass is 16.2. The Bertz CT molecular complexity index is 1180. The molecule has 1 amide bonds. The van der Waals surface area contributed by atoms with E-state index in [0.717, 1.165) is 36.0 Å². The molecule has 0 aliphatic heterocycles. The van der Waals surface area contributed by atoms with Crippen LogP contribution >= 0.6 is 0 Å². The molecule has 0 aliphatic rings. The van der Waals surface area contributed by atoms with E-state index in [2.05, 4.69) is 20.6 Å². The first kappa shape index (κ1) is 25.5. The van der Waals surface area contributed by atoms with E-state index in [1.165, 1.54) is 4.57 Å². The highest BCUT2D eigenvalue weighted by Gasteiger charge is 2.15. The van der Waals surface area contributed by atoms with E-state index in [-0.39, 0.29) is 29.8 Å². The first-order chi connectivity index (χ1) is 16.9. The van der Waals surface area contributed by atoms with Gasteiger partial charge in [-0.15, -0.1) is 0 Å². The van der Waals surface area contributed by atoms with Gasteiger partial charge in [-0.25, -0.2) is 4.98 Å². The Kier molecular flexibility index (Phi) is 9.41. The van der Waals surface area contributed by atoms with Crippen molar-refractivity contribution in [3.63, 3.8) is 0 Å². The van der Waals surface area contributed by atoms with Gasteiger partial charge in [0.1, 0.15) is 6.54 Å². The lowest BCUT2D eigenvalue weighted by Crippen LogP contribution is -2.35. The zero-order valence-electron chi connectivity index (χ0n) is 20.0. The number of guanidine groups is 1. The van der Waals surface area contributed by atoms with Crippen LogP contribution in [0.4, 0.5) is 5.82 Å². The number of hydrogen-bond donors (Lipinski definition) is 4. The largest absolute Gasteiger partial charge is 0.370 e. The molecule has 0 radical (unpaired) electrons. The molecule has 0 atom stereocenters. The number of hydrogen-bond acceptors (Lipinski definition) is 5. The maximum atomic E-state index is 13.3. The van der Waals surface area contributed by atoms with Crippen LogP contribution in [0.1, 0.15) is 24.0 Å². The minimum Gasteiger partial charge on any atom is -0.370 e. The third-order valence-corrected chi connectivity index (χ3v) is 5.45. The molecular formula is C26H33N7O2. The van der Waals surface area contributed by atoms with Gasteiger partial charge in [0.15, 0.2) is 11.8 Å². The molecular weight excluding hydrogens is 442 g/mol. The maximum Gasteiger partial charge on any atom is 0.294 e. The Morgan fingerprint density at radius 3 is 2.49 bits per heavy atom. The summed E-state index contributed by atoms with van der Waals surface area (Å²) in [5.74, 6) is 0.0356. The average Bonchev–Trinajstić information content (AvgIpc) is 2.85. The van der Waals surface area contributed by atoms with Gasteiger partial charge in [0.2, 0.25) is 5.91 Å². The number of benzene rings is 2. The van der Waals surface area contributed by atoms with Crippen LogP contribution in [0.3, 0.4) is 0 Å². The predicted molar refractivity (Wildman–Crippen MR) is 140 cm³/mol. The van der Waals surface area contributed by atoms with E-state index in [1.54, 1.807) is 6.20 Å². The fourth-order valence-corrected chi connectivity index (χ4v) is 3.56. The van der Waals surface area contributed by atoms with Crippen molar-refractivity contribution in [2.24, 2.45) is 16.5 Å². The predicted octanol–water partition coefficient (Wildman–Crippen LogP) is 2.04. The van der Waals surface area contributed by atoms with Crippen LogP contribution in [0.25, 0.3) is 11.3 Å². The monoisotopic (exact) mass is 475 g/mol. The molecule has 2 aromatic carbocycles. The Morgan fingerprint density at radius 2 is 1.77 bits per heavy atom. The zero-order chi connectivity index (χ0) is 25.0. The molecule has 1 aromatic heterocycles. The number of nitrogens with two attached hydrogens (primary N) is 2. The molecule has 35 heavy (non-hydrogen) atoms. The standard InChI is InChI=1S/C26H33N7O2/c1-19-9-11-21(12-10-19)22-17-32-24(30-16-13-20-7-3-2-4-8-20)25(35)33(22)18-23(34)29-14-5-6-15-31-26(27)28/h2-4,7-12,17H,5-6,13-16,18H2,1H3,(H,29,34)(H,30,32)(H4,27,28,31). The van der Waals surface area contributed by atoms with Gasteiger partial charge in [0, 0.05) is 19.6 Å². The fourth-order valence-electron chi connectivity index (χ4n) is 3.56. The van der Waals surface area contributed by atoms with E-state index in [9.17, 15) is 9.59 Å². The van der Waals surface area contributed by atoms with Gasteiger partial charge in [-0.2, -0.15) is 0 Å². The third kappa shape index (κ3) is 7.99. The van der Waals surface area contributed by atoms with Crippen molar-refractivity contribution in [3.8, 4) is 11.3 Å². The summed E-state index contributed by atoms with van der Waals surface area (Å²) < 4.78 is 1.47. The Labute approximate surface area is 205 Å². The molecule has 9 nitrogen and oxygen atoms in total. The molecule has 0 aliphatic carbocycles. The van der Waals surface area contributed by atoms with E-state index in [1.807, 2.05) is 61.5 Å². The number of aromatic nitrogens is 2. The van der Waals surface area contributed by atoms with Crippen molar-refractivity contribution in [2.45, 2.75) is 32.7 Å². The molecule has 0 spiro atoms. The minimum atomic E-state index is -0.334. The number of amides is 1. The highest BCUT2D eigenvalue weighted by molar-refractivity contribution is 5.77. The average molecular weight is 476 g/mol. The van der Waals surface area contributed by atoms with Gasteiger partial charge in [0.25, 0.3) is 5.56 Å². The lowest BCUT2D eigenvalue weighted by molar-refractivity contribution is -0.121. The summed E-state index contributed by atoms with van der Waals surface area (Å²) in [6, 6.07) is 17.8. The summed E-state index contributed by atoms with van der Waals surface area (Å²) in [5, 5.41) is 6.00. The minimum absolute atomic E-state index is 0.0583. The Morgan fingerprint density at radius 1 is 1.03 bits per heavy atom. The maximum absolute atomic E-state index is 13.3. The number of carbonyl (C=O) groups is 1. The van der Waals surface area contributed by atoms with Crippen LogP contribution in [-0.4, -0.2) is 41.1 Å². The summed E-state index contributed by atoms with van der Waals surface area (Å²) in [6.07, 6.45) is 3.86. The van der Waals surface area contributed by atoms with Gasteiger partial charge in [0.05, 0.1) is 11.9 Å². The van der Waals surface area contributed by atoms with Crippen LogP contribution in [0.5, 0.6) is 0 Å².